The second kappa shape index (κ2) is 6.13. The van der Waals surface area contributed by atoms with E-state index in [-0.39, 0.29) is 24.0 Å². The van der Waals surface area contributed by atoms with E-state index in [2.05, 4.69) is 15.0 Å². The van der Waals surface area contributed by atoms with Crippen molar-refractivity contribution >= 4 is 22.9 Å². The first kappa shape index (κ1) is 16.9. The highest BCUT2D eigenvalue weighted by Gasteiger charge is 2.48. The van der Waals surface area contributed by atoms with Crippen molar-refractivity contribution in [3.8, 4) is 0 Å². The molecule has 2 aliphatic heterocycles. The standard InChI is InChI=1S/C18H24N6O3/c19-15(26)14-12-3-1-2-11(12)4-24(14)17-13-16(20-9-21-17)23(10-22-13)5-18(6-25)7-27-8-18/h9-12,14,25H,1-8H2,(H2,19,26). The zero-order valence-electron chi connectivity index (χ0n) is 15.1. The lowest BCUT2D eigenvalue weighted by molar-refractivity contribution is -0.144. The van der Waals surface area contributed by atoms with Crippen LogP contribution in [0.5, 0.6) is 0 Å². The van der Waals surface area contributed by atoms with Gasteiger partial charge >= 0.3 is 0 Å². The van der Waals surface area contributed by atoms with Gasteiger partial charge in [0.1, 0.15) is 12.4 Å². The van der Waals surface area contributed by atoms with E-state index in [0.717, 1.165) is 25.8 Å². The van der Waals surface area contributed by atoms with E-state index in [9.17, 15) is 9.90 Å². The Balaban J connectivity index is 1.52. The first-order valence-electron chi connectivity index (χ1n) is 9.52. The number of ether oxygens (including phenoxy) is 1. The largest absolute Gasteiger partial charge is 0.396 e. The fourth-order valence-electron chi connectivity index (χ4n) is 5.07. The van der Waals surface area contributed by atoms with Gasteiger partial charge in [-0.15, -0.1) is 0 Å². The second-order valence-electron chi connectivity index (χ2n) is 8.25. The van der Waals surface area contributed by atoms with Crippen molar-refractivity contribution in [1.82, 2.24) is 19.5 Å². The van der Waals surface area contributed by atoms with Crippen molar-refractivity contribution in [3.05, 3.63) is 12.7 Å². The van der Waals surface area contributed by atoms with Crippen LogP contribution in [0.3, 0.4) is 0 Å². The van der Waals surface area contributed by atoms with Gasteiger partial charge in [0.2, 0.25) is 5.91 Å². The highest BCUT2D eigenvalue weighted by molar-refractivity contribution is 5.90. The average molecular weight is 372 g/mol. The number of anilines is 1. The monoisotopic (exact) mass is 372 g/mol. The molecule has 0 radical (unpaired) electrons. The minimum atomic E-state index is -0.329. The third kappa shape index (κ3) is 2.52. The van der Waals surface area contributed by atoms with E-state index in [1.807, 2.05) is 9.47 Å². The molecular weight excluding hydrogens is 348 g/mol. The van der Waals surface area contributed by atoms with Gasteiger partial charge in [-0.25, -0.2) is 15.0 Å². The van der Waals surface area contributed by atoms with E-state index in [1.54, 1.807) is 6.33 Å². The Morgan fingerprint density at radius 1 is 1.33 bits per heavy atom. The second-order valence-corrected chi connectivity index (χ2v) is 8.25. The fourth-order valence-corrected chi connectivity index (χ4v) is 5.07. The van der Waals surface area contributed by atoms with E-state index in [1.165, 1.54) is 6.33 Å². The third-order valence-corrected chi connectivity index (χ3v) is 6.49. The number of hydrogen-bond acceptors (Lipinski definition) is 7. The highest BCUT2D eigenvalue weighted by Crippen LogP contribution is 2.44. The molecule has 1 aliphatic carbocycles. The van der Waals surface area contributed by atoms with Crippen LogP contribution in [0, 0.1) is 17.3 Å². The summed E-state index contributed by atoms with van der Waals surface area (Å²) in [5.74, 6) is 1.18. The van der Waals surface area contributed by atoms with Crippen LogP contribution in [-0.2, 0) is 16.1 Å². The molecular formula is C18H24N6O3. The molecule has 9 heteroatoms. The lowest BCUT2D eigenvalue weighted by atomic mass is 9.87. The fraction of sp³-hybridized carbons (Fsp3) is 0.667. The van der Waals surface area contributed by atoms with Gasteiger partial charge in [-0.05, 0) is 24.7 Å². The van der Waals surface area contributed by atoms with Gasteiger partial charge in [0, 0.05) is 13.1 Å². The van der Waals surface area contributed by atoms with Crippen LogP contribution in [0.15, 0.2) is 12.7 Å². The number of primary amides is 1. The van der Waals surface area contributed by atoms with Crippen LogP contribution in [0.2, 0.25) is 0 Å². The molecule has 1 saturated carbocycles. The molecule has 3 fully saturated rings. The SMILES string of the molecule is NC(=O)C1C2CCCC2CN1c1ncnc2c1ncn2CC1(CO)COC1. The number of aliphatic hydroxyl groups is 1. The summed E-state index contributed by atoms with van der Waals surface area (Å²) in [5, 5.41) is 9.72. The Morgan fingerprint density at radius 3 is 2.89 bits per heavy atom. The minimum Gasteiger partial charge on any atom is -0.396 e. The molecule has 3 atom stereocenters. The number of aliphatic hydroxyl groups excluding tert-OH is 1. The minimum absolute atomic E-state index is 0.0594. The van der Waals surface area contributed by atoms with Gasteiger partial charge < -0.3 is 25.0 Å². The van der Waals surface area contributed by atoms with Crippen LogP contribution in [0.4, 0.5) is 5.82 Å². The molecule has 2 aromatic heterocycles. The maximum Gasteiger partial charge on any atom is 0.240 e. The Morgan fingerprint density at radius 2 is 2.19 bits per heavy atom. The van der Waals surface area contributed by atoms with Crippen LogP contribution in [0.1, 0.15) is 19.3 Å². The van der Waals surface area contributed by atoms with Gasteiger partial charge in [-0.2, -0.15) is 0 Å². The molecule has 2 aromatic rings. The summed E-state index contributed by atoms with van der Waals surface area (Å²) in [5.41, 5.74) is 6.87. The van der Waals surface area contributed by atoms with Crippen molar-refractivity contribution < 1.29 is 14.6 Å². The molecule has 27 heavy (non-hydrogen) atoms. The van der Waals surface area contributed by atoms with Crippen molar-refractivity contribution in [1.29, 1.82) is 0 Å². The van der Waals surface area contributed by atoms with Crippen molar-refractivity contribution in [2.75, 3.05) is 31.3 Å². The number of hydrogen-bond donors (Lipinski definition) is 2. The number of carbonyl (C=O) groups is 1. The number of nitrogens with two attached hydrogens (primary N) is 1. The predicted molar refractivity (Wildman–Crippen MR) is 96.8 cm³/mol. The topological polar surface area (TPSA) is 119 Å². The summed E-state index contributed by atoms with van der Waals surface area (Å²) in [6, 6.07) is -0.329. The summed E-state index contributed by atoms with van der Waals surface area (Å²) in [7, 11) is 0. The Labute approximate surface area is 156 Å². The van der Waals surface area contributed by atoms with Crippen molar-refractivity contribution in [2.45, 2.75) is 31.8 Å². The van der Waals surface area contributed by atoms with Gasteiger partial charge in [-0.1, -0.05) is 6.42 Å². The van der Waals surface area contributed by atoms with Gasteiger partial charge in [0.25, 0.3) is 0 Å². The van der Waals surface area contributed by atoms with E-state index in [4.69, 9.17) is 10.5 Å². The molecule has 0 bridgehead atoms. The Bertz CT molecular complexity index is 874. The van der Waals surface area contributed by atoms with E-state index >= 15 is 0 Å². The van der Waals surface area contributed by atoms with Crippen LogP contribution < -0.4 is 10.6 Å². The molecule has 2 saturated heterocycles. The first-order chi connectivity index (χ1) is 13.1. The molecule has 3 N–H and O–H groups in total. The molecule has 3 aliphatic rings. The van der Waals surface area contributed by atoms with Crippen molar-refractivity contribution in [3.63, 3.8) is 0 Å². The smallest absolute Gasteiger partial charge is 0.240 e. The number of fused-ring (bicyclic) bond motifs is 2. The third-order valence-electron chi connectivity index (χ3n) is 6.49. The maximum atomic E-state index is 12.2. The number of rotatable bonds is 5. The Kier molecular flexibility index (Phi) is 3.83. The number of aromatic nitrogens is 4. The quantitative estimate of drug-likeness (QED) is 0.754. The van der Waals surface area contributed by atoms with Crippen molar-refractivity contribution in [2.24, 2.45) is 23.0 Å². The van der Waals surface area contributed by atoms with Crippen LogP contribution in [-0.4, -0.2) is 62.9 Å². The lowest BCUT2D eigenvalue weighted by Gasteiger charge is -2.39. The van der Waals surface area contributed by atoms with Gasteiger partial charge in [-0.3, -0.25) is 4.79 Å². The summed E-state index contributed by atoms with van der Waals surface area (Å²) in [4.78, 5) is 27.7. The number of carbonyl (C=O) groups excluding carboxylic acids is 1. The Hall–Kier alpha value is -2.26. The average Bonchev–Trinajstić information content (AvgIpc) is 3.31. The normalized spacial score (nSPS) is 29.1. The number of nitrogens with zero attached hydrogens (tertiary/aromatic N) is 5. The zero-order valence-corrected chi connectivity index (χ0v) is 15.1. The predicted octanol–water partition coefficient (Wildman–Crippen LogP) is -0.0746. The van der Waals surface area contributed by atoms with Crippen LogP contribution in [0.25, 0.3) is 11.2 Å². The zero-order chi connectivity index (χ0) is 18.6. The molecule has 9 nitrogen and oxygen atoms in total. The first-order valence-corrected chi connectivity index (χ1v) is 9.52. The van der Waals surface area contributed by atoms with Gasteiger partial charge in [0.05, 0.1) is 31.6 Å². The summed E-state index contributed by atoms with van der Waals surface area (Å²) >= 11 is 0. The molecule has 144 valence electrons. The molecule has 1 amide bonds. The summed E-state index contributed by atoms with van der Waals surface area (Å²) < 4.78 is 7.23. The molecule has 5 rings (SSSR count). The molecule has 0 spiro atoms. The van der Waals surface area contributed by atoms with E-state index in [0.29, 0.717) is 48.6 Å². The number of imidazole rings is 1. The molecule has 0 aromatic carbocycles. The maximum absolute atomic E-state index is 12.2. The van der Waals surface area contributed by atoms with Gasteiger partial charge in [0.15, 0.2) is 17.0 Å². The highest BCUT2D eigenvalue weighted by atomic mass is 16.5. The van der Waals surface area contributed by atoms with E-state index < -0.39 is 0 Å². The molecule has 4 heterocycles. The molecule has 3 unspecified atom stereocenters. The summed E-state index contributed by atoms with van der Waals surface area (Å²) in [6.07, 6.45) is 6.58. The number of amides is 1. The van der Waals surface area contributed by atoms with Crippen LogP contribution >= 0.6 is 0 Å². The lowest BCUT2D eigenvalue weighted by Crippen LogP contribution is -2.48. The summed E-state index contributed by atoms with van der Waals surface area (Å²) in [6.45, 7) is 2.48.